The van der Waals surface area contributed by atoms with Crippen molar-refractivity contribution in [3.63, 3.8) is 0 Å². The molecule has 0 bridgehead atoms. The van der Waals surface area contributed by atoms with Crippen molar-refractivity contribution >= 4 is 23.2 Å². The molecule has 0 unspecified atom stereocenters. The predicted octanol–water partition coefficient (Wildman–Crippen LogP) is 2.88. The molecule has 2 aromatic rings. The average Bonchev–Trinajstić information content (AvgIpc) is 2.69. The van der Waals surface area contributed by atoms with Crippen LogP contribution in [0.2, 0.25) is 0 Å². The maximum atomic E-state index is 12.3. The molecule has 0 aliphatic heterocycles. The van der Waals surface area contributed by atoms with Crippen LogP contribution in [0, 0.1) is 13.8 Å². The number of aryl methyl sites for hydroxylation is 2. The zero-order chi connectivity index (χ0) is 20.7. The van der Waals surface area contributed by atoms with Gasteiger partial charge in [0.2, 0.25) is 11.8 Å². The molecule has 2 amide bonds. The Morgan fingerprint density at radius 2 is 1.71 bits per heavy atom. The van der Waals surface area contributed by atoms with Crippen molar-refractivity contribution in [3.8, 4) is 11.5 Å². The van der Waals surface area contributed by atoms with Crippen LogP contribution in [0.5, 0.6) is 11.5 Å². The van der Waals surface area contributed by atoms with Crippen LogP contribution in [-0.2, 0) is 9.59 Å². The van der Waals surface area contributed by atoms with Crippen molar-refractivity contribution in [2.75, 3.05) is 31.4 Å². The van der Waals surface area contributed by atoms with Gasteiger partial charge in [-0.05, 0) is 44.0 Å². The minimum absolute atomic E-state index is 0.113. The lowest BCUT2D eigenvalue weighted by Gasteiger charge is -2.18. The first-order chi connectivity index (χ1) is 13.3. The molecular weight excluding hydrogens is 358 g/mol. The van der Waals surface area contributed by atoms with Gasteiger partial charge in [-0.15, -0.1) is 0 Å². The zero-order valence-corrected chi connectivity index (χ0v) is 16.9. The van der Waals surface area contributed by atoms with Crippen LogP contribution < -0.4 is 25.4 Å². The van der Waals surface area contributed by atoms with E-state index in [0.717, 1.165) is 16.8 Å². The van der Waals surface area contributed by atoms with Crippen molar-refractivity contribution in [2.24, 2.45) is 0 Å². The largest absolute Gasteiger partial charge is 0.497 e. The SMILES string of the molecule is COc1ccc(N[C@H](C)C(=O)NCC(=O)Nc2c(C)cccc2C)c(OC)c1. The number of benzene rings is 2. The molecule has 7 heteroatoms. The molecule has 0 saturated heterocycles. The number of nitrogens with one attached hydrogen (secondary N) is 3. The smallest absolute Gasteiger partial charge is 0.243 e. The van der Waals surface area contributed by atoms with E-state index in [-0.39, 0.29) is 18.4 Å². The van der Waals surface area contributed by atoms with E-state index >= 15 is 0 Å². The first-order valence-electron chi connectivity index (χ1n) is 8.98. The Labute approximate surface area is 165 Å². The molecule has 0 aliphatic rings. The molecule has 0 spiro atoms. The minimum atomic E-state index is -0.560. The molecule has 7 nitrogen and oxygen atoms in total. The molecule has 1 atom stereocenters. The second kappa shape index (κ2) is 9.64. The van der Waals surface area contributed by atoms with Gasteiger partial charge in [-0.2, -0.15) is 0 Å². The van der Waals surface area contributed by atoms with E-state index in [1.807, 2.05) is 32.0 Å². The van der Waals surface area contributed by atoms with Crippen LogP contribution in [-0.4, -0.2) is 38.6 Å². The third kappa shape index (κ3) is 5.39. The zero-order valence-electron chi connectivity index (χ0n) is 16.9. The van der Waals surface area contributed by atoms with Crippen LogP contribution in [0.25, 0.3) is 0 Å². The summed E-state index contributed by atoms with van der Waals surface area (Å²) in [4.78, 5) is 24.5. The van der Waals surface area contributed by atoms with Gasteiger partial charge in [-0.3, -0.25) is 9.59 Å². The first-order valence-corrected chi connectivity index (χ1v) is 8.98. The Hall–Kier alpha value is -3.22. The number of hydrogen-bond acceptors (Lipinski definition) is 5. The normalized spacial score (nSPS) is 11.3. The summed E-state index contributed by atoms with van der Waals surface area (Å²) in [6.07, 6.45) is 0. The van der Waals surface area contributed by atoms with Gasteiger partial charge in [0.05, 0.1) is 26.5 Å². The van der Waals surface area contributed by atoms with Crippen LogP contribution in [0.3, 0.4) is 0 Å². The van der Waals surface area contributed by atoms with Gasteiger partial charge >= 0.3 is 0 Å². The molecule has 28 heavy (non-hydrogen) atoms. The van der Waals surface area contributed by atoms with Gasteiger partial charge in [-0.1, -0.05) is 18.2 Å². The van der Waals surface area contributed by atoms with Crippen LogP contribution in [0.4, 0.5) is 11.4 Å². The predicted molar refractivity (Wildman–Crippen MR) is 110 cm³/mol. The van der Waals surface area contributed by atoms with Gasteiger partial charge < -0.3 is 25.4 Å². The fourth-order valence-electron chi connectivity index (χ4n) is 2.73. The average molecular weight is 385 g/mol. The number of carbonyl (C=O) groups excluding carboxylic acids is 2. The van der Waals surface area contributed by atoms with Gasteiger partial charge in [0.1, 0.15) is 17.5 Å². The summed E-state index contributed by atoms with van der Waals surface area (Å²) in [5, 5.41) is 8.57. The lowest BCUT2D eigenvalue weighted by atomic mass is 10.1. The second-order valence-electron chi connectivity index (χ2n) is 6.47. The second-order valence-corrected chi connectivity index (χ2v) is 6.47. The standard InChI is InChI=1S/C21H27N3O4/c1-13-7-6-8-14(2)20(13)24-19(25)12-22-21(26)15(3)23-17-10-9-16(27-4)11-18(17)28-5/h6-11,15,23H,12H2,1-5H3,(H,22,26)(H,24,25)/t15-/m1/s1. The number of hydrogen-bond donors (Lipinski definition) is 3. The molecule has 150 valence electrons. The monoisotopic (exact) mass is 385 g/mol. The fraction of sp³-hybridized carbons (Fsp3) is 0.333. The molecule has 0 aliphatic carbocycles. The summed E-state index contributed by atoms with van der Waals surface area (Å²) in [7, 11) is 3.12. The molecule has 0 radical (unpaired) electrons. The molecule has 0 heterocycles. The Kier molecular flexibility index (Phi) is 7.26. The van der Waals surface area contributed by atoms with E-state index in [0.29, 0.717) is 17.2 Å². The molecule has 3 N–H and O–H groups in total. The summed E-state index contributed by atoms with van der Waals surface area (Å²) in [5.74, 6) is 0.643. The fourth-order valence-corrected chi connectivity index (χ4v) is 2.73. The molecular formula is C21H27N3O4. The van der Waals surface area contributed by atoms with Crippen molar-refractivity contribution in [2.45, 2.75) is 26.8 Å². The first kappa shape index (κ1) is 21.1. The Morgan fingerprint density at radius 3 is 2.32 bits per heavy atom. The third-order valence-electron chi connectivity index (χ3n) is 4.34. The van der Waals surface area contributed by atoms with Crippen molar-refractivity contribution in [1.82, 2.24) is 5.32 Å². The highest BCUT2D eigenvalue weighted by molar-refractivity contribution is 5.96. The number of para-hydroxylation sites is 1. The highest BCUT2D eigenvalue weighted by Crippen LogP contribution is 2.29. The molecule has 2 rings (SSSR count). The van der Waals surface area contributed by atoms with E-state index in [9.17, 15) is 9.59 Å². The van der Waals surface area contributed by atoms with Gasteiger partial charge in [0, 0.05) is 11.8 Å². The van der Waals surface area contributed by atoms with Crippen molar-refractivity contribution in [3.05, 3.63) is 47.5 Å². The number of rotatable bonds is 8. The highest BCUT2D eigenvalue weighted by Gasteiger charge is 2.16. The van der Waals surface area contributed by atoms with Crippen LogP contribution >= 0.6 is 0 Å². The quantitative estimate of drug-likeness (QED) is 0.650. The number of ether oxygens (including phenoxy) is 2. The lowest BCUT2D eigenvalue weighted by Crippen LogP contribution is -2.41. The Bertz CT molecular complexity index is 831. The number of carbonyl (C=O) groups is 2. The molecule has 0 fully saturated rings. The van der Waals surface area contributed by atoms with E-state index in [4.69, 9.17) is 9.47 Å². The summed E-state index contributed by atoms with van der Waals surface area (Å²) in [5.41, 5.74) is 3.38. The van der Waals surface area contributed by atoms with Gasteiger partial charge in [0.15, 0.2) is 0 Å². The summed E-state index contributed by atoms with van der Waals surface area (Å²) < 4.78 is 10.5. The van der Waals surface area contributed by atoms with Crippen LogP contribution in [0.1, 0.15) is 18.1 Å². The van der Waals surface area contributed by atoms with E-state index in [1.54, 1.807) is 39.3 Å². The topological polar surface area (TPSA) is 88.7 Å². The van der Waals surface area contributed by atoms with Gasteiger partial charge in [0.25, 0.3) is 0 Å². The van der Waals surface area contributed by atoms with Crippen LogP contribution in [0.15, 0.2) is 36.4 Å². The number of amides is 2. The summed E-state index contributed by atoms with van der Waals surface area (Å²) >= 11 is 0. The molecule has 2 aromatic carbocycles. The van der Waals surface area contributed by atoms with Crippen molar-refractivity contribution < 1.29 is 19.1 Å². The maximum absolute atomic E-state index is 12.3. The van der Waals surface area contributed by atoms with E-state index in [1.165, 1.54) is 0 Å². The number of anilines is 2. The molecule has 0 aromatic heterocycles. The minimum Gasteiger partial charge on any atom is -0.497 e. The Balaban J connectivity index is 1.91. The summed E-state index contributed by atoms with van der Waals surface area (Å²) in [6, 6.07) is 10.5. The van der Waals surface area contributed by atoms with Crippen molar-refractivity contribution in [1.29, 1.82) is 0 Å². The highest BCUT2D eigenvalue weighted by atomic mass is 16.5. The maximum Gasteiger partial charge on any atom is 0.243 e. The van der Waals surface area contributed by atoms with E-state index < -0.39 is 6.04 Å². The third-order valence-corrected chi connectivity index (χ3v) is 4.34. The number of methoxy groups -OCH3 is 2. The molecule has 0 saturated carbocycles. The van der Waals surface area contributed by atoms with E-state index in [2.05, 4.69) is 16.0 Å². The summed E-state index contributed by atoms with van der Waals surface area (Å²) in [6.45, 7) is 5.45. The lowest BCUT2D eigenvalue weighted by molar-refractivity contribution is -0.124. The van der Waals surface area contributed by atoms with Gasteiger partial charge in [-0.25, -0.2) is 0 Å². The Morgan fingerprint density at radius 1 is 1.04 bits per heavy atom.